The van der Waals surface area contributed by atoms with Crippen molar-refractivity contribution in [2.75, 3.05) is 13.1 Å². The van der Waals surface area contributed by atoms with Gasteiger partial charge in [0.05, 0.1) is 6.07 Å². The maximum Gasteiger partial charge on any atom is 0.120 e. The molecule has 1 aliphatic heterocycles. The predicted molar refractivity (Wildman–Crippen MR) is 71.0 cm³/mol. The molecule has 0 aliphatic carbocycles. The van der Waals surface area contributed by atoms with E-state index >= 15 is 0 Å². The average Bonchev–Trinajstić information content (AvgIpc) is 2.35. The maximum atomic E-state index is 9.76. The van der Waals surface area contributed by atoms with Gasteiger partial charge in [0, 0.05) is 18.5 Å². The molecule has 18 heavy (non-hydrogen) atoms. The van der Waals surface area contributed by atoms with Gasteiger partial charge < -0.3 is 5.11 Å². The summed E-state index contributed by atoms with van der Waals surface area (Å²) in [6.07, 6.45) is 2.78. The average molecular weight is 244 g/mol. The molecule has 2 rings (SSSR count). The van der Waals surface area contributed by atoms with E-state index in [9.17, 15) is 5.11 Å². The number of nitrogens with zero attached hydrogens (tertiary/aromatic N) is 2. The number of phenols is 1. The lowest BCUT2D eigenvalue weighted by molar-refractivity contribution is 0.115. The standard InChI is InChI=1S/C15H20N2O/c1-15(6-9-16)7-10-17(11-8-15)12-13-4-2-3-5-14(13)18/h2-5,18H,6-8,10-12H2,1H3. The number of rotatable bonds is 3. The Labute approximate surface area is 109 Å². The van der Waals surface area contributed by atoms with Crippen LogP contribution < -0.4 is 0 Å². The monoisotopic (exact) mass is 244 g/mol. The van der Waals surface area contributed by atoms with Crippen LogP contribution in [0.4, 0.5) is 0 Å². The molecule has 0 aromatic heterocycles. The highest BCUT2D eigenvalue weighted by molar-refractivity contribution is 5.31. The van der Waals surface area contributed by atoms with Crippen molar-refractivity contribution in [3.63, 3.8) is 0 Å². The summed E-state index contributed by atoms with van der Waals surface area (Å²) in [7, 11) is 0. The van der Waals surface area contributed by atoms with Crippen LogP contribution in [0.1, 0.15) is 31.7 Å². The molecule has 0 spiro atoms. The Morgan fingerprint density at radius 1 is 1.33 bits per heavy atom. The van der Waals surface area contributed by atoms with Crippen molar-refractivity contribution in [2.24, 2.45) is 5.41 Å². The highest BCUT2D eigenvalue weighted by Crippen LogP contribution is 2.34. The van der Waals surface area contributed by atoms with Crippen molar-refractivity contribution in [1.29, 1.82) is 5.26 Å². The summed E-state index contributed by atoms with van der Waals surface area (Å²) in [5.41, 5.74) is 1.17. The molecule has 0 saturated carbocycles. The molecule has 1 aromatic rings. The number of hydrogen-bond donors (Lipinski definition) is 1. The zero-order valence-electron chi connectivity index (χ0n) is 10.9. The first-order chi connectivity index (χ1) is 8.63. The van der Waals surface area contributed by atoms with E-state index in [1.165, 1.54) is 0 Å². The van der Waals surface area contributed by atoms with Gasteiger partial charge in [0.25, 0.3) is 0 Å². The summed E-state index contributed by atoms with van der Waals surface area (Å²) < 4.78 is 0. The van der Waals surface area contributed by atoms with Crippen molar-refractivity contribution in [2.45, 2.75) is 32.7 Å². The predicted octanol–water partition coefficient (Wildman–Crippen LogP) is 2.91. The van der Waals surface area contributed by atoms with Gasteiger partial charge in [0.2, 0.25) is 0 Å². The number of nitriles is 1. The highest BCUT2D eigenvalue weighted by atomic mass is 16.3. The Bertz CT molecular complexity index is 442. The summed E-state index contributed by atoms with van der Waals surface area (Å²) in [6.45, 7) is 5.02. The van der Waals surface area contributed by atoms with Gasteiger partial charge in [-0.1, -0.05) is 25.1 Å². The summed E-state index contributed by atoms with van der Waals surface area (Å²) >= 11 is 0. The molecule has 0 bridgehead atoms. The van der Waals surface area contributed by atoms with Gasteiger partial charge in [-0.3, -0.25) is 4.90 Å². The number of aromatic hydroxyl groups is 1. The summed E-state index contributed by atoms with van der Waals surface area (Å²) in [5, 5.41) is 18.6. The summed E-state index contributed by atoms with van der Waals surface area (Å²) in [6, 6.07) is 9.80. The van der Waals surface area contributed by atoms with Gasteiger partial charge in [-0.2, -0.15) is 5.26 Å². The Morgan fingerprint density at radius 3 is 2.61 bits per heavy atom. The first-order valence-corrected chi connectivity index (χ1v) is 6.49. The molecule has 0 radical (unpaired) electrons. The topological polar surface area (TPSA) is 47.3 Å². The van der Waals surface area contributed by atoms with Crippen LogP contribution in [0.5, 0.6) is 5.75 Å². The molecule has 1 N–H and O–H groups in total. The number of hydrogen-bond acceptors (Lipinski definition) is 3. The van der Waals surface area contributed by atoms with Crippen molar-refractivity contribution in [3.8, 4) is 11.8 Å². The normalized spacial score (nSPS) is 19.3. The van der Waals surface area contributed by atoms with Crippen LogP contribution in [0, 0.1) is 16.7 Å². The lowest BCUT2D eigenvalue weighted by atomic mass is 9.78. The fraction of sp³-hybridized carbons (Fsp3) is 0.533. The molecule has 1 saturated heterocycles. The SMILES string of the molecule is CC1(CC#N)CCN(Cc2ccccc2O)CC1. The molecule has 3 heteroatoms. The minimum absolute atomic E-state index is 0.185. The third kappa shape index (κ3) is 3.02. The first-order valence-electron chi connectivity index (χ1n) is 6.49. The van der Waals surface area contributed by atoms with Gasteiger partial charge in [0.15, 0.2) is 0 Å². The first kappa shape index (κ1) is 12.9. The fourth-order valence-electron chi connectivity index (χ4n) is 2.50. The van der Waals surface area contributed by atoms with Crippen LogP contribution in [0.2, 0.25) is 0 Å². The van der Waals surface area contributed by atoms with Gasteiger partial charge in [-0.15, -0.1) is 0 Å². The largest absolute Gasteiger partial charge is 0.508 e. The van der Waals surface area contributed by atoms with Crippen molar-refractivity contribution >= 4 is 0 Å². The molecule has 0 unspecified atom stereocenters. The van der Waals surface area contributed by atoms with E-state index in [4.69, 9.17) is 5.26 Å². The second-order valence-corrected chi connectivity index (χ2v) is 5.55. The number of piperidine rings is 1. The molecule has 0 amide bonds. The maximum absolute atomic E-state index is 9.76. The summed E-state index contributed by atoms with van der Waals surface area (Å²) in [4.78, 5) is 2.36. The van der Waals surface area contributed by atoms with E-state index in [2.05, 4.69) is 17.9 Å². The van der Waals surface area contributed by atoms with Crippen LogP contribution in [0.15, 0.2) is 24.3 Å². The van der Waals surface area contributed by atoms with Crippen LogP contribution in [-0.2, 0) is 6.54 Å². The molecular weight excluding hydrogens is 224 g/mol. The fourth-order valence-corrected chi connectivity index (χ4v) is 2.50. The van der Waals surface area contributed by atoms with Crippen LogP contribution in [-0.4, -0.2) is 23.1 Å². The van der Waals surface area contributed by atoms with E-state index in [1.807, 2.05) is 18.2 Å². The van der Waals surface area contributed by atoms with Gasteiger partial charge >= 0.3 is 0 Å². The van der Waals surface area contributed by atoms with E-state index in [-0.39, 0.29) is 5.41 Å². The number of phenolic OH excluding ortho intramolecular Hbond substituents is 1. The van der Waals surface area contributed by atoms with Crippen LogP contribution in [0.25, 0.3) is 0 Å². The van der Waals surface area contributed by atoms with Crippen molar-refractivity contribution < 1.29 is 5.11 Å². The lowest BCUT2D eigenvalue weighted by Gasteiger charge is -2.38. The highest BCUT2D eigenvalue weighted by Gasteiger charge is 2.29. The molecular formula is C15H20N2O. The molecule has 1 fully saturated rings. The quantitative estimate of drug-likeness (QED) is 0.889. The zero-order valence-corrected chi connectivity index (χ0v) is 10.9. The van der Waals surface area contributed by atoms with Gasteiger partial charge in [-0.05, 0) is 37.4 Å². The second kappa shape index (κ2) is 5.41. The number of para-hydroxylation sites is 1. The van der Waals surface area contributed by atoms with Crippen LogP contribution >= 0.6 is 0 Å². The third-order valence-electron chi connectivity index (χ3n) is 3.95. The molecule has 1 aliphatic rings. The third-order valence-corrected chi connectivity index (χ3v) is 3.95. The van der Waals surface area contributed by atoms with Gasteiger partial charge in [-0.25, -0.2) is 0 Å². The van der Waals surface area contributed by atoms with Crippen molar-refractivity contribution in [3.05, 3.63) is 29.8 Å². The molecule has 3 nitrogen and oxygen atoms in total. The molecule has 0 atom stereocenters. The Kier molecular flexibility index (Phi) is 3.88. The van der Waals surface area contributed by atoms with Gasteiger partial charge in [0.1, 0.15) is 5.75 Å². The lowest BCUT2D eigenvalue weighted by Crippen LogP contribution is -2.38. The molecule has 1 aromatic carbocycles. The minimum atomic E-state index is 0.185. The van der Waals surface area contributed by atoms with Crippen molar-refractivity contribution in [1.82, 2.24) is 4.90 Å². The molecule has 96 valence electrons. The Morgan fingerprint density at radius 2 is 2.00 bits per heavy atom. The Hall–Kier alpha value is -1.53. The number of likely N-dealkylation sites (tertiary alicyclic amines) is 1. The van der Waals surface area contributed by atoms with E-state index < -0.39 is 0 Å². The van der Waals surface area contributed by atoms with E-state index in [1.54, 1.807) is 6.07 Å². The summed E-state index contributed by atoms with van der Waals surface area (Å²) in [5.74, 6) is 0.378. The minimum Gasteiger partial charge on any atom is -0.508 e. The van der Waals surface area contributed by atoms with Crippen LogP contribution in [0.3, 0.4) is 0 Å². The zero-order chi connectivity index (χ0) is 13.0. The second-order valence-electron chi connectivity index (χ2n) is 5.55. The molecule has 1 heterocycles. The van der Waals surface area contributed by atoms with E-state index in [0.717, 1.165) is 38.0 Å². The smallest absolute Gasteiger partial charge is 0.120 e. The van der Waals surface area contributed by atoms with E-state index in [0.29, 0.717) is 12.2 Å². The number of benzene rings is 1. The Balaban J connectivity index is 1.92.